The highest BCUT2D eigenvalue weighted by Gasteiger charge is 2.19. The minimum atomic E-state index is -1.16. The predicted molar refractivity (Wildman–Crippen MR) is 92.7 cm³/mol. The van der Waals surface area contributed by atoms with Crippen LogP contribution < -0.4 is 4.74 Å². The topological polar surface area (TPSA) is 72.8 Å². The van der Waals surface area contributed by atoms with Gasteiger partial charge in [-0.25, -0.2) is 9.59 Å². The van der Waals surface area contributed by atoms with Crippen molar-refractivity contribution in [2.45, 2.75) is 19.4 Å². The normalized spacial score (nSPS) is 11.6. The van der Waals surface area contributed by atoms with E-state index in [-0.39, 0.29) is 11.1 Å². The number of methoxy groups -OCH3 is 1. The molecular formula is C18H17BrO5. The first-order valence-electron chi connectivity index (χ1n) is 7.28. The van der Waals surface area contributed by atoms with Crippen molar-refractivity contribution < 1.29 is 24.2 Å². The Kier molecular flexibility index (Phi) is 5.98. The van der Waals surface area contributed by atoms with Crippen molar-refractivity contribution in [2.75, 3.05) is 7.11 Å². The Labute approximate surface area is 148 Å². The van der Waals surface area contributed by atoms with Crippen LogP contribution in [0.5, 0.6) is 5.75 Å². The van der Waals surface area contributed by atoms with Crippen molar-refractivity contribution in [3.63, 3.8) is 0 Å². The summed E-state index contributed by atoms with van der Waals surface area (Å²) in [7, 11) is 1.59. The number of benzene rings is 2. The minimum absolute atomic E-state index is 0.0489. The third-order valence-electron chi connectivity index (χ3n) is 3.42. The minimum Gasteiger partial charge on any atom is -0.496 e. The number of esters is 1. The van der Waals surface area contributed by atoms with Gasteiger partial charge in [0.25, 0.3) is 0 Å². The molecule has 0 aliphatic carbocycles. The van der Waals surface area contributed by atoms with Gasteiger partial charge in [0, 0.05) is 6.42 Å². The molecule has 2 aromatic carbocycles. The van der Waals surface area contributed by atoms with Crippen molar-refractivity contribution in [3.8, 4) is 5.75 Å². The molecule has 0 aliphatic heterocycles. The number of carboxylic acids is 1. The second-order valence-electron chi connectivity index (χ2n) is 5.24. The number of carboxylic acid groups (broad SMARTS) is 1. The predicted octanol–water partition coefficient (Wildman–Crippen LogP) is 3.94. The van der Waals surface area contributed by atoms with E-state index in [1.807, 2.05) is 18.2 Å². The molecule has 0 aliphatic rings. The van der Waals surface area contributed by atoms with E-state index in [0.717, 1.165) is 15.8 Å². The van der Waals surface area contributed by atoms with Crippen molar-refractivity contribution >= 4 is 27.9 Å². The summed E-state index contributed by atoms with van der Waals surface area (Å²) in [6.45, 7) is 1.76. The van der Waals surface area contributed by atoms with Gasteiger partial charge < -0.3 is 14.6 Å². The first kappa shape index (κ1) is 18.0. The quantitative estimate of drug-likeness (QED) is 0.753. The standard InChI is InChI=1S/C18H17BrO5/c1-11(9-12-7-8-16(23-2)15(19)10-12)24-18(22)14-6-4-3-5-13(14)17(20)21/h3-8,10-11H,9H2,1-2H3,(H,20,21)/t11-/m0/s1. The van der Waals surface area contributed by atoms with Crippen molar-refractivity contribution in [1.29, 1.82) is 0 Å². The molecule has 2 rings (SSSR count). The maximum Gasteiger partial charge on any atom is 0.339 e. The summed E-state index contributed by atoms with van der Waals surface area (Å²) >= 11 is 3.41. The van der Waals surface area contributed by atoms with E-state index in [9.17, 15) is 9.59 Å². The van der Waals surface area contributed by atoms with Gasteiger partial charge in [-0.1, -0.05) is 18.2 Å². The second-order valence-corrected chi connectivity index (χ2v) is 6.09. The first-order valence-corrected chi connectivity index (χ1v) is 8.07. The van der Waals surface area contributed by atoms with Gasteiger partial charge in [0.05, 0.1) is 22.7 Å². The molecule has 0 radical (unpaired) electrons. The van der Waals surface area contributed by atoms with Gasteiger partial charge in [-0.3, -0.25) is 0 Å². The highest BCUT2D eigenvalue weighted by atomic mass is 79.9. The van der Waals surface area contributed by atoms with Crippen LogP contribution in [0.25, 0.3) is 0 Å². The third-order valence-corrected chi connectivity index (χ3v) is 4.04. The summed E-state index contributed by atoms with van der Waals surface area (Å²) in [5.41, 5.74) is 0.948. The molecule has 0 bridgehead atoms. The number of carbonyl (C=O) groups excluding carboxylic acids is 1. The lowest BCUT2D eigenvalue weighted by Crippen LogP contribution is -2.19. The Bertz CT molecular complexity index is 757. The Morgan fingerprint density at radius 2 is 1.83 bits per heavy atom. The first-order chi connectivity index (χ1) is 11.4. The summed E-state index contributed by atoms with van der Waals surface area (Å²) in [5.74, 6) is -1.08. The average molecular weight is 393 g/mol. The molecule has 0 aromatic heterocycles. The zero-order valence-electron chi connectivity index (χ0n) is 13.3. The van der Waals surface area contributed by atoms with Crippen LogP contribution in [-0.2, 0) is 11.2 Å². The monoisotopic (exact) mass is 392 g/mol. The van der Waals surface area contributed by atoms with Gasteiger partial charge in [-0.05, 0) is 52.7 Å². The molecule has 5 nitrogen and oxygen atoms in total. The Hall–Kier alpha value is -2.34. The lowest BCUT2D eigenvalue weighted by Gasteiger charge is -2.15. The molecule has 126 valence electrons. The number of ether oxygens (including phenoxy) is 2. The molecule has 6 heteroatoms. The summed E-state index contributed by atoms with van der Waals surface area (Å²) in [4.78, 5) is 23.4. The molecule has 0 amide bonds. The lowest BCUT2D eigenvalue weighted by molar-refractivity contribution is 0.0336. The Morgan fingerprint density at radius 1 is 1.17 bits per heavy atom. The number of hydrogen-bond acceptors (Lipinski definition) is 4. The highest BCUT2D eigenvalue weighted by molar-refractivity contribution is 9.10. The molecule has 0 heterocycles. The van der Waals surface area contributed by atoms with E-state index < -0.39 is 18.0 Å². The van der Waals surface area contributed by atoms with Crippen LogP contribution in [-0.4, -0.2) is 30.3 Å². The van der Waals surface area contributed by atoms with E-state index in [1.165, 1.54) is 12.1 Å². The number of hydrogen-bond donors (Lipinski definition) is 1. The number of rotatable bonds is 6. The van der Waals surface area contributed by atoms with Gasteiger partial charge in [0.2, 0.25) is 0 Å². The number of halogens is 1. The zero-order chi connectivity index (χ0) is 17.7. The van der Waals surface area contributed by atoms with E-state index >= 15 is 0 Å². The van der Waals surface area contributed by atoms with Gasteiger partial charge >= 0.3 is 11.9 Å². The van der Waals surface area contributed by atoms with Gasteiger partial charge in [-0.2, -0.15) is 0 Å². The molecule has 0 saturated heterocycles. The molecule has 2 aromatic rings. The molecular weight excluding hydrogens is 376 g/mol. The molecule has 0 unspecified atom stereocenters. The third kappa shape index (κ3) is 4.35. The smallest absolute Gasteiger partial charge is 0.339 e. The van der Waals surface area contributed by atoms with Crippen LogP contribution >= 0.6 is 15.9 Å². The van der Waals surface area contributed by atoms with Crippen LogP contribution in [0, 0.1) is 0 Å². The highest BCUT2D eigenvalue weighted by Crippen LogP contribution is 2.26. The molecule has 1 N–H and O–H groups in total. The van der Waals surface area contributed by atoms with E-state index in [4.69, 9.17) is 14.6 Å². The van der Waals surface area contributed by atoms with E-state index in [0.29, 0.717) is 6.42 Å². The molecule has 0 saturated carbocycles. The van der Waals surface area contributed by atoms with Gasteiger partial charge in [0.1, 0.15) is 11.9 Å². The van der Waals surface area contributed by atoms with Crippen molar-refractivity contribution in [3.05, 3.63) is 63.6 Å². The summed E-state index contributed by atoms with van der Waals surface area (Å²) < 4.78 is 11.4. The molecule has 0 fully saturated rings. The van der Waals surface area contributed by atoms with Crippen molar-refractivity contribution in [1.82, 2.24) is 0 Å². The Balaban J connectivity index is 2.07. The molecule has 0 spiro atoms. The van der Waals surface area contributed by atoms with Crippen molar-refractivity contribution in [2.24, 2.45) is 0 Å². The fourth-order valence-electron chi connectivity index (χ4n) is 2.30. The van der Waals surface area contributed by atoms with Gasteiger partial charge in [-0.15, -0.1) is 0 Å². The fourth-order valence-corrected chi connectivity index (χ4v) is 2.89. The summed E-state index contributed by atoms with van der Waals surface area (Å²) in [6.07, 6.45) is 0.100. The van der Waals surface area contributed by atoms with Gasteiger partial charge in [0.15, 0.2) is 0 Å². The maximum atomic E-state index is 12.2. The van der Waals surface area contributed by atoms with Crippen LogP contribution in [0.1, 0.15) is 33.2 Å². The summed E-state index contributed by atoms with van der Waals surface area (Å²) in [5, 5.41) is 9.14. The summed E-state index contributed by atoms with van der Waals surface area (Å²) in [6, 6.07) is 11.6. The van der Waals surface area contributed by atoms with Crippen LogP contribution in [0.2, 0.25) is 0 Å². The Morgan fingerprint density at radius 3 is 2.42 bits per heavy atom. The van der Waals surface area contributed by atoms with E-state index in [1.54, 1.807) is 26.2 Å². The van der Waals surface area contributed by atoms with E-state index in [2.05, 4.69) is 15.9 Å². The average Bonchev–Trinajstić information content (AvgIpc) is 2.54. The van der Waals surface area contributed by atoms with Crippen LogP contribution in [0.15, 0.2) is 46.9 Å². The fraction of sp³-hybridized carbons (Fsp3) is 0.222. The lowest BCUT2D eigenvalue weighted by atomic mass is 10.1. The van der Waals surface area contributed by atoms with Crippen LogP contribution in [0.3, 0.4) is 0 Å². The maximum absolute atomic E-state index is 12.2. The number of aromatic carboxylic acids is 1. The second kappa shape index (κ2) is 7.97. The zero-order valence-corrected chi connectivity index (χ0v) is 14.9. The SMILES string of the molecule is COc1ccc(C[C@H](C)OC(=O)c2ccccc2C(=O)O)cc1Br. The molecule has 1 atom stereocenters. The van der Waals surface area contributed by atoms with Crippen LogP contribution in [0.4, 0.5) is 0 Å². The molecule has 24 heavy (non-hydrogen) atoms. The number of carbonyl (C=O) groups is 2. The largest absolute Gasteiger partial charge is 0.496 e.